The van der Waals surface area contributed by atoms with Crippen LogP contribution >= 0.6 is 0 Å². The van der Waals surface area contributed by atoms with Gasteiger partial charge in [0.1, 0.15) is 0 Å². The smallest absolute Gasteiger partial charge is 0.307 e. The van der Waals surface area contributed by atoms with Gasteiger partial charge in [0.2, 0.25) is 10.0 Å². The molecule has 1 aromatic rings. The molecule has 1 aliphatic rings. The maximum absolute atomic E-state index is 12.4. The molecule has 1 heterocycles. The molecule has 1 N–H and O–H groups in total. The number of aliphatic carboxylic acids is 1. The Labute approximate surface area is 118 Å². The highest BCUT2D eigenvalue weighted by Crippen LogP contribution is 2.21. The first kappa shape index (κ1) is 15.0. The summed E-state index contributed by atoms with van der Waals surface area (Å²) in [6, 6.07) is 5.80. The Kier molecular flexibility index (Phi) is 4.42. The van der Waals surface area contributed by atoms with Crippen molar-refractivity contribution in [2.75, 3.05) is 20.3 Å². The number of hydrogen-bond donors (Lipinski definition) is 1. The minimum atomic E-state index is -3.56. The van der Waals surface area contributed by atoms with E-state index in [0.717, 1.165) is 0 Å². The van der Waals surface area contributed by atoms with Gasteiger partial charge in [-0.1, -0.05) is 12.1 Å². The highest BCUT2D eigenvalue weighted by atomic mass is 32.2. The molecule has 7 heteroatoms. The molecule has 0 radical (unpaired) electrons. The molecule has 0 saturated carbocycles. The molecule has 0 aromatic heterocycles. The van der Waals surface area contributed by atoms with Gasteiger partial charge in [-0.25, -0.2) is 8.42 Å². The zero-order valence-electron chi connectivity index (χ0n) is 11.2. The van der Waals surface area contributed by atoms with Gasteiger partial charge in [0.25, 0.3) is 0 Å². The van der Waals surface area contributed by atoms with E-state index < -0.39 is 16.0 Å². The van der Waals surface area contributed by atoms with Crippen molar-refractivity contribution >= 4 is 16.0 Å². The summed E-state index contributed by atoms with van der Waals surface area (Å²) in [7, 11) is -2.02. The van der Waals surface area contributed by atoms with E-state index in [1.807, 2.05) is 0 Å². The first-order valence-electron chi connectivity index (χ1n) is 6.28. The number of rotatable bonds is 5. The molecular weight excluding hydrogens is 282 g/mol. The van der Waals surface area contributed by atoms with Gasteiger partial charge in [0, 0.05) is 13.7 Å². The van der Waals surface area contributed by atoms with Crippen molar-refractivity contribution in [1.82, 2.24) is 4.31 Å². The summed E-state index contributed by atoms with van der Waals surface area (Å²) in [4.78, 5) is 10.8. The fraction of sp³-hybridized carbons (Fsp3) is 0.462. The molecule has 0 bridgehead atoms. The van der Waals surface area contributed by atoms with E-state index in [2.05, 4.69) is 0 Å². The van der Waals surface area contributed by atoms with Gasteiger partial charge in [0.05, 0.1) is 24.0 Å². The topological polar surface area (TPSA) is 83.9 Å². The first-order chi connectivity index (χ1) is 9.41. The summed E-state index contributed by atoms with van der Waals surface area (Å²) in [6.45, 7) is 0.981. The first-order valence-corrected chi connectivity index (χ1v) is 7.72. The van der Waals surface area contributed by atoms with E-state index >= 15 is 0 Å². The molecule has 1 atom stereocenters. The zero-order valence-corrected chi connectivity index (χ0v) is 12.0. The second-order valence-electron chi connectivity index (χ2n) is 4.75. The Morgan fingerprint density at radius 1 is 1.40 bits per heavy atom. The molecule has 0 aliphatic carbocycles. The Hall–Kier alpha value is -1.44. The average Bonchev–Trinajstić information content (AvgIpc) is 2.91. The molecule has 2 rings (SSSR count). The van der Waals surface area contributed by atoms with Crippen molar-refractivity contribution < 1.29 is 23.1 Å². The third-order valence-corrected chi connectivity index (χ3v) is 5.30. The second kappa shape index (κ2) is 5.90. The summed E-state index contributed by atoms with van der Waals surface area (Å²) >= 11 is 0. The summed E-state index contributed by atoms with van der Waals surface area (Å²) < 4.78 is 31.3. The summed E-state index contributed by atoms with van der Waals surface area (Å²) in [5, 5.41) is 8.69. The lowest BCUT2D eigenvalue weighted by molar-refractivity contribution is -0.136. The highest BCUT2D eigenvalue weighted by Gasteiger charge is 2.30. The van der Waals surface area contributed by atoms with Crippen LogP contribution < -0.4 is 0 Å². The normalized spacial score (nSPS) is 19.4. The number of likely N-dealkylation sites (N-methyl/N-ethyl adjacent to an activating group) is 1. The van der Waals surface area contributed by atoms with Crippen LogP contribution in [-0.4, -0.2) is 50.1 Å². The van der Waals surface area contributed by atoms with Gasteiger partial charge >= 0.3 is 5.97 Å². The number of hydrogen-bond acceptors (Lipinski definition) is 4. The van der Waals surface area contributed by atoms with Crippen molar-refractivity contribution in [1.29, 1.82) is 0 Å². The molecule has 20 heavy (non-hydrogen) atoms. The lowest BCUT2D eigenvalue weighted by Crippen LogP contribution is -2.37. The van der Waals surface area contributed by atoms with Gasteiger partial charge in [-0.3, -0.25) is 4.79 Å². The quantitative estimate of drug-likeness (QED) is 0.866. The SMILES string of the molecule is CN(C1CCOC1)S(=O)(=O)c1ccc(CC(=O)O)cc1. The summed E-state index contributed by atoms with van der Waals surface area (Å²) in [6.07, 6.45) is 0.569. The summed E-state index contributed by atoms with van der Waals surface area (Å²) in [5.74, 6) is -0.944. The van der Waals surface area contributed by atoms with Crippen LogP contribution in [-0.2, 0) is 26.0 Å². The number of carbonyl (C=O) groups is 1. The number of carboxylic acids is 1. The van der Waals surface area contributed by atoms with Gasteiger partial charge in [-0.2, -0.15) is 4.31 Å². The Morgan fingerprint density at radius 2 is 2.05 bits per heavy atom. The summed E-state index contributed by atoms with van der Waals surface area (Å²) in [5.41, 5.74) is 0.573. The van der Waals surface area contributed by atoms with Crippen molar-refractivity contribution in [3.63, 3.8) is 0 Å². The van der Waals surface area contributed by atoms with Crippen LogP contribution in [0.1, 0.15) is 12.0 Å². The number of benzene rings is 1. The van der Waals surface area contributed by atoms with Crippen LogP contribution in [0, 0.1) is 0 Å². The van der Waals surface area contributed by atoms with Gasteiger partial charge < -0.3 is 9.84 Å². The molecule has 0 amide bonds. The number of ether oxygens (including phenoxy) is 1. The van der Waals surface area contributed by atoms with E-state index in [9.17, 15) is 13.2 Å². The second-order valence-corrected chi connectivity index (χ2v) is 6.75. The standard InChI is InChI=1S/C13H17NO5S/c1-14(11-6-7-19-9-11)20(17,18)12-4-2-10(3-5-12)8-13(15)16/h2-5,11H,6-9H2,1H3,(H,15,16). The van der Waals surface area contributed by atoms with Crippen molar-refractivity contribution in [2.45, 2.75) is 23.8 Å². The van der Waals surface area contributed by atoms with E-state index in [1.165, 1.54) is 28.6 Å². The van der Waals surface area contributed by atoms with E-state index in [4.69, 9.17) is 9.84 Å². The van der Waals surface area contributed by atoms with E-state index in [-0.39, 0.29) is 17.4 Å². The number of nitrogens with zero attached hydrogens (tertiary/aromatic N) is 1. The molecule has 110 valence electrons. The monoisotopic (exact) mass is 299 g/mol. The van der Waals surface area contributed by atoms with E-state index in [0.29, 0.717) is 25.2 Å². The molecule has 1 aromatic carbocycles. The lowest BCUT2D eigenvalue weighted by Gasteiger charge is -2.22. The molecule has 1 saturated heterocycles. The Bertz CT molecular complexity index is 575. The molecule has 6 nitrogen and oxygen atoms in total. The van der Waals surface area contributed by atoms with Crippen molar-refractivity contribution in [2.24, 2.45) is 0 Å². The van der Waals surface area contributed by atoms with Crippen LogP contribution in [0.2, 0.25) is 0 Å². The molecule has 1 fully saturated rings. The Balaban J connectivity index is 2.18. The van der Waals surface area contributed by atoms with Crippen LogP contribution in [0.5, 0.6) is 0 Å². The van der Waals surface area contributed by atoms with Crippen LogP contribution in [0.25, 0.3) is 0 Å². The fourth-order valence-corrected chi connectivity index (χ4v) is 3.50. The van der Waals surface area contributed by atoms with Crippen molar-refractivity contribution in [3.05, 3.63) is 29.8 Å². The Morgan fingerprint density at radius 3 is 2.55 bits per heavy atom. The third-order valence-electron chi connectivity index (χ3n) is 3.38. The average molecular weight is 299 g/mol. The maximum Gasteiger partial charge on any atom is 0.307 e. The molecule has 1 unspecified atom stereocenters. The van der Waals surface area contributed by atoms with Crippen LogP contribution in [0.15, 0.2) is 29.2 Å². The maximum atomic E-state index is 12.4. The zero-order chi connectivity index (χ0) is 14.8. The minimum Gasteiger partial charge on any atom is -0.481 e. The van der Waals surface area contributed by atoms with Gasteiger partial charge in [-0.05, 0) is 24.1 Å². The fourth-order valence-electron chi connectivity index (χ4n) is 2.13. The largest absolute Gasteiger partial charge is 0.481 e. The molecule has 1 aliphatic heterocycles. The highest BCUT2D eigenvalue weighted by molar-refractivity contribution is 7.89. The third kappa shape index (κ3) is 3.17. The predicted molar refractivity (Wildman–Crippen MR) is 72.0 cm³/mol. The number of sulfonamides is 1. The predicted octanol–water partition coefficient (Wildman–Crippen LogP) is 0.723. The van der Waals surface area contributed by atoms with Gasteiger partial charge in [-0.15, -0.1) is 0 Å². The van der Waals surface area contributed by atoms with Crippen molar-refractivity contribution in [3.8, 4) is 0 Å². The van der Waals surface area contributed by atoms with Gasteiger partial charge in [0.15, 0.2) is 0 Å². The lowest BCUT2D eigenvalue weighted by atomic mass is 10.2. The van der Waals surface area contributed by atoms with Crippen LogP contribution in [0.4, 0.5) is 0 Å². The number of carboxylic acid groups (broad SMARTS) is 1. The molecule has 0 spiro atoms. The minimum absolute atomic E-state index is 0.118. The van der Waals surface area contributed by atoms with Crippen LogP contribution in [0.3, 0.4) is 0 Å². The molecular formula is C13H17NO5S. The van der Waals surface area contributed by atoms with E-state index in [1.54, 1.807) is 7.05 Å².